The van der Waals surface area contributed by atoms with E-state index in [0.29, 0.717) is 27.3 Å². The van der Waals surface area contributed by atoms with E-state index in [4.69, 9.17) is 0 Å². The topological polar surface area (TPSA) is 34.9 Å². The van der Waals surface area contributed by atoms with E-state index in [9.17, 15) is 9.18 Å². The first-order valence-electron chi connectivity index (χ1n) is 7.19. The second-order valence-corrected chi connectivity index (χ2v) is 6.31. The zero-order chi connectivity index (χ0) is 14.8. The Morgan fingerprint density at radius 3 is 2.71 bits per heavy atom. The van der Waals surface area contributed by atoms with E-state index >= 15 is 0 Å². The van der Waals surface area contributed by atoms with Gasteiger partial charge in [-0.05, 0) is 40.9 Å². The molecule has 1 saturated carbocycles. The normalized spacial score (nSPS) is 16.1. The van der Waals surface area contributed by atoms with Gasteiger partial charge in [0.2, 0.25) is 0 Å². The molecule has 21 heavy (non-hydrogen) atoms. The Morgan fingerprint density at radius 2 is 2.05 bits per heavy atom. The highest BCUT2D eigenvalue weighted by Crippen LogP contribution is 2.31. The average Bonchev–Trinajstić information content (AvgIpc) is 2.95. The van der Waals surface area contributed by atoms with Gasteiger partial charge in [0.15, 0.2) is 6.29 Å². The van der Waals surface area contributed by atoms with Gasteiger partial charge in [0.25, 0.3) is 0 Å². The van der Waals surface area contributed by atoms with Crippen molar-refractivity contribution in [2.24, 2.45) is 0 Å². The molecule has 3 nitrogen and oxygen atoms in total. The predicted molar refractivity (Wildman–Crippen MR) is 82.8 cm³/mol. The number of hydrogen-bond donors (Lipinski definition) is 0. The Hall–Kier alpha value is -1.49. The smallest absolute Gasteiger partial charge is 0.153 e. The van der Waals surface area contributed by atoms with E-state index in [1.165, 1.54) is 25.3 Å². The second kappa shape index (κ2) is 6.10. The van der Waals surface area contributed by atoms with Crippen molar-refractivity contribution in [2.75, 3.05) is 0 Å². The first-order valence-corrected chi connectivity index (χ1v) is 7.98. The number of aldehydes is 1. The molecule has 1 heterocycles. The lowest BCUT2D eigenvalue weighted by Gasteiger charge is -2.21. The molecular formula is C16H16BrFN2O. The Labute approximate surface area is 131 Å². The molecule has 0 aliphatic heterocycles. The quantitative estimate of drug-likeness (QED) is 0.747. The highest BCUT2D eigenvalue weighted by Gasteiger charge is 2.19. The molecule has 0 unspecified atom stereocenters. The molecular weight excluding hydrogens is 335 g/mol. The van der Waals surface area contributed by atoms with Crippen LogP contribution in [0.4, 0.5) is 4.39 Å². The van der Waals surface area contributed by atoms with Crippen LogP contribution in [-0.2, 0) is 0 Å². The number of hydrogen-bond acceptors (Lipinski definition) is 2. The standard InChI is InChI=1S/C16H16BrFN2O/c17-14-7-6-11(8-15(14)18)16-12(10-21)9-20(19-16)13-4-2-1-3-5-13/h6-10,13H,1-5H2. The van der Waals surface area contributed by atoms with Gasteiger partial charge in [-0.3, -0.25) is 9.48 Å². The summed E-state index contributed by atoms with van der Waals surface area (Å²) in [4.78, 5) is 11.3. The van der Waals surface area contributed by atoms with E-state index in [-0.39, 0.29) is 5.82 Å². The van der Waals surface area contributed by atoms with Crippen molar-refractivity contribution in [1.29, 1.82) is 0 Å². The lowest BCUT2D eigenvalue weighted by atomic mass is 9.96. The van der Waals surface area contributed by atoms with Crippen molar-refractivity contribution in [3.8, 4) is 11.3 Å². The zero-order valence-electron chi connectivity index (χ0n) is 11.6. The van der Waals surface area contributed by atoms with Gasteiger partial charge in [-0.15, -0.1) is 0 Å². The number of carbonyl (C=O) groups is 1. The molecule has 1 aliphatic rings. The fourth-order valence-electron chi connectivity index (χ4n) is 2.89. The monoisotopic (exact) mass is 350 g/mol. The van der Waals surface area contributed by atoms with Crippen LogP contribution < -0.4 is 0 Å². The molecule has 3 rings (SSSR count). The summed E-state index contributed by atoms with van der Waals surface area (Å²) in [5.41, 5.74) is 1.71. The Balaban J connectivity index is 1.99. The molecule has 0 atom stereocenters. The number of rotatable bonds is 3. The average molecular weight is 351 g/mol. The van der Waals surface area contributed by atoms with E-state index in [1.807, 2.05) is 4.68 Å². The summed E-state index contributed by atoms with van der Waals surface area (Å²) >= 11 is 3.14. The summed E-state index contributed by atoms with van der Waals surface area (Å²) in [5.74, 6) is -0.350. The summed E-state index contributed by atoms with van der Waals surface area (Å²) in [6.07, 6.45) is 8.43. The molecule has 1 aliphatic carbocycles. The minimum atomic E-state index is -0.350. The minimum Gasteiger partial charge on any atom is -0.298 e. The van der Waals surface area contributed by atoms with Gasteiger partial charge < -0.3 is 0 Å². The van der Waals surface area contributed by atoms with Crippen LogP contribution in [0.15, 0.2) is 28.9 Å². The van der Waals surface area contributed by atoms with Crippen LogP contribution >= 0.6 is 15.9 Å². The number of halogens is 2. The molecule has 1 aromatic carbocycles. The van der Waals surface area contributed by atoms with Gasteiger partial charge in [-0.2, -0.15) is 5.10 Å². The highest BCUT2D eigenvalue weighted by atomic mass is 79.9. The molecule has 2 aromatic rings. The lowest BCUT2D eigenvalue weighted by Crippen LogP contribution is -2.13. The maximum absolute atomic E-state index is 13.7. The number of nitrogens with zero attached hydrogens (tertiary/aromatic N) is 2. The molecule has 0 bridgehead atoms. The molecule has 5 heteroatoms. The summed E-state index contributed by atoms with van der Waals surface area (Å²) in [7, 11) is 0. The number of benzene rings is 1. The summed E-state index contributed by atoms with van der Waals surface area (Å²) in [6.45, 7) is 0. The van der Waals surface area contributed by atoms with E-state index in [2.05, 4.69) is 21.0 Å². The van der Waals surface area contributed by atoms with Crippen LogP contribution in [0.1, 0.15) is 48.5 Å². The van der Waals surface area contributed by atoms with E-state index < -0.39 is 0 Å². The van der Waals surface area contributed by atoms with Gasteiger partial charge in [0.1, 0.15) is 11.5 Å². The molecule has 0 amide bonds. The van der Waals surface area contributed by atoms with Crippen LogP contribution in [0.25, 0.3) is 11.3 Å². The third-order valence-electron chi connectivity index (χ3n) is 4.03. The van der Waals surface area contributed by atoms with E-state index in [0.717, 1.165) is 19.1 Å². The minimum absolute atomic E-state index is 0.350. The molecule has 110 valence electrons. The summed E-state index contributed by atoms with van der Waals surface area (Å²) < 4.78 is 16.0. The van der Waals surface area contributed by atoms with Crippen molar-refractivity contribution in [1.82, 2.24) is 9.78 Å². The third-order valence-corrected chi connectivity index (χ3v) is 4.67. The van der Waals surface area contributed by atoms with Gasteiger partial charge >= 0.3 is 0 Å². The summed E-state index contributed by atoms with van der Waals surface area (Å²) in [5, 5.41) is 4.55. The lowest BCUT2D eigenvalue weighted by molar-refractivity contribution is 0.112. The predicted octanol–water partition coefficient (Wildman–Crippen LogP) is 4.77. The van der Waals surface area contributed by atoms with Crippen molar-refractivity contribution >= 4 is 22.2 Å². The van der Waals surface area contributed by atoms with E-state index in [1.54, 1.807) is 18.3 Å². The maximum Gasteiger partial charge on any atom is 0.153 e. The SMILES string of the molecule is O=Cc1cn(C2CCCCC2)nc1-c1ccc(Br)c(F)c1. The van der Waals surface area contributed by atoms with Crippen molar-refractivity contribution in [3.05, 3.63) is 40.2 Å². The van der Waals surface area contributed by atoms with Gasteiger partial charge in [0, 0.05) is 11.8 Å². The number of aromatic nitrogens is 2. The van der Waals surface area contributed by atoms with Crippen molar-refractivity contribution in [2.45, 2.75) is 38.1 Å². The second-order valence-electron chi connectivity index (χ2n) is 5.45. The molecule has 1 fully saturated rings. The first-order chi connectivity index (χ1) is 10.2. The van der Waals surface area contributed by atoms with Gasteiger partial charge in [-0.1, -0.05) is 25.3 Å². The Bertz CT molecular complexity index is 662. The van der Waals surface area contributed by atoms with Crippen LogP contribution in [0, 0.1) is 5.82 Å². The van der Waals surface area contributed by atoms with Crippen molar-refractivity contribution < 1.29 is 9.18 Å². The first kappa shape index (κ1) is 14.4. The fourth-order valence-corrected chi connectivity index (χ4v) is 3.14. The van der Waals surface area contributed by atoms with Crippen molar-refractivity contribution in [3.63, 3.8) is 0 Å². The molecule has 0 N–H and O–H groups in total. The third kappa shape index (κ3) is 2.93. The molecule has 1 aromatic heterocycles. The summed E-state index contributed by atoms with van der Waals surface area (Å²) in [6, 6.07) is 5.17. The molecule has 0 radical (unpaired) electrons. The van der Waals surface area contributed by atoms with Crippen LogP contribution in [0.2, 0.25) is 0 Å². The Kier molecular flexibility index (Phi) is 4.19. The largest absolute Gasteiger partial charge is 0.298 e. The molecule has 0 saturated heterocycles. The molecule has 0 spiro atoms. The van der Waals surface area contributed by atoms with Gasteiger partial charge in [-0.25, -0.2) is 4.39 Å². The number of carbonyl (C=O) groups excluding carboxylic acids is 1. The zero-order valence-corrected chi connectivity index (χ0v) is 13.1. The van der Waals surface area contributed by atoms with Crippen LogP contribution in [0.3, 0.4) is 0 Å². The van der Waals surface area contributed by atoms with Crippen LogP contribution in [0.5, 0.6) is 0 Å². The Morgan fingerprint density at radius 1 is 1.29 bits per heavy atom. The highest BCUT2D eigenvalue weighted by molar-refractivity contribution is 9.10. The van der Waals surface area contributed by atoms with Crippen LogP contribution in [-0.4, -0.2) is 16.1 Å². The van der Waals surface area contributed by atoms with Gasteiger partial charge in [0.05, 0.1) is 16.1 Å². The fraction of sp³-hybridized carbons (Fsp3) is 0.375. The maximum atomic E-state index is 13.7.